The van der Waals surface area contributed by atoms with Crippen LogP contribution in [0.4, 0.5) is 0 Å². The highest BCUT2D eigenvalue weighted by Gasteiger charge is 2.46. The van der Waals surface area contributed by atoms with E-state index in [-0.39, 0.29) is 5.54 Å². The van der Waals surface area contributed by atoms with Gasteiger partial charge in [0, 0.05) is 12.1 Å². The summed E-state index contributed by atoms with van der Waals surface area (Å²) in [6, 6.07) is 0. The Balaban J connectivity index is 0.000000396. The molecule has 0 aromatic heterocycles. The maximum absolute atomic E-state index is 9.30. The Hall–Kier alpha value is -0.0800. The van der Waals surface area contributed by atoms with Gasteiger partial charge in [-0.25, -0.2) is 0 Å². The third kappa shape index (κ3) is 1.89. The van der Waals surface area contributed by atoms with Crippen LogP contribution in [0.1, 0.15) is 40.0 Å². The van der Waals surface area contributed by atoms with Crippen molar-refractivity contribution in [3.63, 3.8) is 0 Å². The van der Waals surface area contributed by atoms with E-state index in [9.17, 15) is 5.11 Å². The molecule has 2 heterocycles. The molecular formula is C11H23NO. The fourth-order valence-electron chi connectivity index (χ4n) is 2.84. The first-order valence-electron chi connectivity index (χ1n) is 5.63. The smallest absolute Gasteiger partial charge is 0.0615 e. The molecule has 2 atom stereocenters. The van der Waals surface area contributed by atoms with Crippen molar-refractivity contribution in [2.75, 3.05) is 19.7 Å². The predicted octanol–water partition coefficient (Wildman–Crippen LogP) is 1.88. The van der Waals surface area contributed by atoms with Crippen molar-refractivity contribution in [1.82, 2.24) is 4.90 Å². The molecule has 2 rings (SSSR count). The highest BCUT2D eigenvalue weighted by atomic mass is 16.3. The molecule has 2 heteroatoms. The molecule has 0 amide bonds. The van der Waals surface area contributed by atoms with Gasteiger partial charge in [-0.2, -0.15) is 0 Å². The summed E-state index contributed by atoms with van der Waals surface area (Å²) >= 11 is 0. The van der Waals surface area contributed by atoms with Crippen molar-refractivity contribution in [3.8, 4) is 0 Å². The lowest BCUT2D eigenvalue weighted by molar-refractivity contribution is 0.0998. The minimum absolute atomic E-state index is 0.208. The van der Waals surface area contributed by atoms with Crippen molar-refractivity contribution >= 4 is 0 Å². The van der Waals surface area contributed by atoms with Crippen LogP contribution in [-0.4, -0.2) is 35.2 Å². The molecule has 0 saturated carbocycles. The molecule has 0 spiro atoms. The first-order valence-corrected chi connectivity index (χ1v) is 5.63. The number of nitrogens with zero attached hydrogens (tertiary/aromatic N) is 1. The average molecular weight is 185 g/mol. The summed E-state index contributed by atoms with van der Waals surface area (Å²) in [6.07, 6.45) is 3.71. The molecule has 0 aromatic carbocycles. The van der Waals surface area contributed by atoms with Gasteiger partial charge in [-0.05, 0) is 31.7 Å². The van der Waals surface area contributed by atoms with Gasteiger partial charge in [-0.15, -0.1) is 0 Å². The van der Waals surface area contributed by atoms with E-state index in [1.165, 1.54) is 32.4 Å². The van der Waals surface area contributed by atoms with E-state index in [1.54, 1.807) is 0 Å². The molecule has 2 saturated heterocycles. The van der Waals surface area contributed by atoms with E-state index < -0.39 is 0 Å². The number of hydrogen-bond acceptors (Lipinski definition) is 2. The van der Waals surface area contributed by atoms with Gasteiger partial charge in [0.2, 0.25) is 0 Å². The van der Waals surface area contributed by atoms with Crippen LogP contribution < -0.4 is 0 Å². The number of aliphatic hydroxyl groups is 1. The molecule has 78 valence electrons. The molecule has 0 bridgehead atoms. The average Bonchev–Trinajstić information content (AvgIpc) is 2.64. The molecular weight excluding hydrogens is 162 g/mol. The highest BCUT2D eigenvalue weighted by molar-refractivity contribution is 5.01. The zero-order chi connectivity index (χ0) is 9.90. The molecule has 1 N–H and O–H groups in total. The summed E-state index contributed by atoms with van der Waals surface area (Å²) in [4.78, 5) is 2.48. The molecule has 0 aromatic rings. The topological polar surface area (TPSA) is 23.5 Å². The van der Waals surface area contributed by atoms with E-state index in [2.05, 4.69) is 11.8 Å². The number of rotatable bonds is 1. The van der Waals surface area contributed by atoms with Crippen molar-refractivity contribution in [3.05, 3.63) is 0 Å². The summed E-state index contributed by atoms with van der Waals surface area (Å²) in [6.45, 7) is 9.08. The first-order chi connectivity index (χ1) is 6.27. The SMILES string of the molecule is CC.CC1CN2CCCC2(CO)C1. The minimum Gasteiger partial charge on any atom is -0.394 e. The Labute approximate surface area is 81.9 Å². The van der Waals surface area contributed by atoms with Crippen LogP contribution in [0.2, 0.25) is 0 Å². The van der Waals surface area contributed by atoms with Crippen LogP contribution in [0.15, 0.2) is 0 Å². The number of fused-ring (bicyclic) bond motifs is 1. The predicted molar refractivity (Wildman–Crippen MR) is 55.8 cm³/mol. The summed E-state index contributed by atoms with van der Waals surface area (Å²) in [7, 11) is 0. The van der Waals surface area contributed by atoms with Crippen LogP contribution in [0.3, 0.4) is 0 Å². The van der Waals surface area contributed by atoms with Gasteiger partial charge < -0.3 is 5.11 Å². The fraction of sp³-hybridized carbons (Fsp3) is 1.00. The Bertz CT molecular complexity index is 160. The van der Waals surface area contributed by atoms with Gasteiger partial charge in [-0.1, -0.05) is 20.8 Å². The van der Waals surface area contributed by atoms with Crippen molar-refractivity contribution in [2.24, 2.45) is 5.92 Å². The van der Waals surface area contributed by atoms with Crippen LogP contribution in [0.25, 0.3) is 0 Å². The lowest BCUT2D eigenvalue weighted by atomic mass is 9.92. The molecule has 2 aliphatic rings. The Morgan fingerprint density at radius 3 is 2.69 bits per heavy atom. The maximum atomic E-state index is 9.30. The van der Waals surface area contributed by atoms with Gasteiger partial charge in [-0.3, -0.25) is 4.90 Å². The summed E-state index contributed by atoms with van der Waals surface area (Å²) in [5.41, 5.74) is 0.208. The molecule has 2 aliphatic heterocycles. The van der Waals surface area contributed by atoms with Crippen LogP contribution in [-0.2, 0) is 0 Å². The highest BCUT2D eigenvalue weighted by Crippen LogP contribution is 2.40. The zero-order valence-electron chi connectivity index (χ0n) is 9.21. The molecule has 2 nitrogen and oxygen atoms in total. The van der Waals surface area contributed by atoms with Crippen LogP contribution >= 0.6 is 0 Å². The monoisotopic (exact) mass is 185 g/mol. The van der Waals surface area contributed by atoms with E-state index in [0.29, 0.717) is 6.61 Å². The second kappa shape index (κ2) is 4.43. The van der Waals surface area contributed by atoms with Crippen LogP contribution in [0, 0.1) is 5.92 Å². The van der Waals surface area contributed by atoms with Crippen LogP contribution in [0.5, 0.6) is 0 Å². The largest absolute Gasteiger partial charge is 0.394 e. The number of aliphatic hydroxyl groups excluding tert-OH is 1. The molecule has 13 heavy (non-hydrogen) atoms. The number of hydrogen-bond donors (Lipinski definition) is 1. The van der Waals surface area contributed by atoms with Gasteiger partial charge in [0.15, 0.2) is 0 Å². The maximum Gasteiger partial charge on any atom is 0.0615 e. The van der Waals surface area contributed by atoms with E-state index in [4.69, 9.17) is 0 Å². The molecule has 0 aliphatic carbocycles. The van der Waals surface area contributed by atoms with Gasteiger partial charge in [0.25, 0.3) is 0 Å². The lowest BCUT2D eigenvalue weighted by Crippen LogP contribution is -2.41. The first kappa shape index (κ1) is 11.0. The Morgan fingerprint density at radius 1 is 1.46 bits per heavy atom. The summed E-state index contributed by atoms with van der Waals surface area (Å²) in [5, 5.41) is 9.30. The lowest BCUT2D eigenvalue weighted by Gasteiger charge is -2.29. The van der Waals surface area contributed by atoms with E-state index in [1.807, 2.05) is 13.8 Å². The quantitative estimate of drug-likeness (QED) is 0.674. The third-order valence-corrected chi connectivity index (χ3v) is 3.30. The van der Waals surface area contributed by atoms with Crippen molar-refractivity contribution < 1.29 is 5.11 Å². The van der Waals surface area contributed by atoms with Gasteiger partial charge in [0.05, 0.1) is 6.61 Å². The van der Waals surface area contributed by atoms with Crippen molar-refractivity contribution in [1.29, 1.82) is 0 Å². The minimum atomic E-state index is 0.208. The normalized spacial score (nSPS) is 38.3. The molecule has 0 radical (unpaired) electrons. The second-order valence-corrected chi connectivity index (χ2v) is 4.24. The zero-order valence-corrected chi connectivity index (χ0v) is 9.21. The van der Waals surface area contributed by atoms with Crippen molar-refractivity contribution in [2.45, 2.75) is 45.6 Å². The van der Waals surface area contributed by atoms with E-state index in [0.717, 1.165) is 5.92 Å². The third-order valence-electron chi connectivity index (χ3n) is 3.30. The van der Waals surface area contributed by atoms with Gasteiger partial charge in [0.1, 0.15) is 0 Å². The summed E-state index contributed by atoms with van der Waals surface area (Å²) < 4.78 is 0. The van der Waals surface area contributed by atoms with Gasteiger partial charge >= 0.3 is 0 Å². The fourth-order valence-corrected chi connectivity index (χ4v) is 2.84. The second-order valence-electron chi connectivity index (χ2n) is 4.24. The molecule has 2 unspecified atom stereocenters. The standard InChI is InChI=1S/C9H17NO.C2H6/c1-8-5-9(7-11)3-2-4-10(9)6-8;1-2/h8,11H,2-7H2,1H3;1-2H3. The van der Waals surface area contributed by atoms with E-state index >= 15 is 0 Å². The summed E-state index contributed by atoms with van der Waals surface area (Å²) in [5.74, 6) is 0.794. The Kier molecular flexibility index (Phi) is 3.74. The Morgan fingerprint density at radius 2 is 2.15 bits per heavy atom. The molecule has 2 fully saturated rings.